The van der Waals surface area contributed by atoms with E-state index in [1.54, 1.807) is 0 Å². The third kappa shape index (κ3) is 5.63. The Hall–Kier alpha value is -0.520. The zero-order chi connectivity index (χ0) is 22.8. The van der Waals surface area contributed by atoms with Crippen LogP contribution in [0.5, 0.6) is 0 Å². The number of ether oxygens (including phenoxy) is 4. The number of hydrogen-bond acceptors (Lipinski definition) is 13. The van der Waals surface area contributed by atoms with Crippen LogP contribution in [0.25, 0.3) is 0 Å². The van der Waals surface area contributed by atoms with Crippen molar-refractivity contribution in [3.05, 3.63) is 0 Å². The van der Waals surface area contributed by atoms with Crippen LogP contribution in [0.15, 0.2) is 0 Å². The van der Waals surface area contributed by atoms with Gasteiger partial charge in [0.25, 0.3) is 0 Å². The average molecular weight is 444 g/mol. The molecule has 11 unspecified atom stereocenters. The molecule has 0 radical (unpaired) electrons. The molecular formula is C17H32O13. The van der Waals surface area contributed by atoms with E-state index in [9.17, 15) is 46.0 Å². The number of aliphatic hydroxyl groups is 9. The molecule has 0 saturated carbocycles. The second kappa shape index (κ2) is 10.4. The lowest BCUT2D eigenvalue weighted by molar-refractivity contribution is -0.379. The van der Waals surface area contributed by atoms with Gasteiger partial charge in [-0.05, 0) is 13.8 Å². The van der Waals surface area contributed by atoms with Crippen LogP contribution in [0.2, 0.25) is 0 Å². The van der Waals surface area contributed by atoms with Crippen molar-refractivity contribution in [1.82, 2.24) is 0 Å². The van der Waals surface area contributed by atoms with Crippen LogP contribution < -0.4 is 0 Å². The Bertz CT molecular complexity index is 524. The van der Waals surface area contributed by atoms with Crippen molar-refractivity contribution in [1.29, 1.82) is 0 Å². The lowest BCUT2D eigenvalue weighted by Gasteiger charge is -2.45. The van der Waals surface area contributed by atoms with E-state index in [1.807, 2.05) is 0 Å². The summed E-state index contributed by atoms with van der Waals surface area (Å²) < 4.78 is 21.2. The molecule has 0 spiro atoms. The standard InChI is InChI=1S/C17H32O13/c1-17(2,26)8(20)5-27-14-7(4-19)29-16(13(25)11(14)23)30-15-12(24)10(22)9(21)6(3-18)28-15/h6-16,18-26H,3-5H2,1-2H3. The summed E-state index contributed by atoms with van der Waals surface area (Å²) in [6.07, 6.45) is -16.9. The molecule has 9 N–H and O–H groups in total. The Balaban J connectivity index is 2.05. The minimum absolute atomic E-state index is 0.434. The number of aliphatic hydroxyl groups excluding tert-OH is 8. The number of rotatable bonds is 8. The Morgan fingerprint density at radius 2 is 1.30 bits per heavy atom. The molecule has 11 atom stereocenters. The van der Waals surface area contributed by atoms with Crippen LogP contribution in [-0.4, -0.2) is 139 Å². The van der Waals surface area contributed by atoms with Crippen molar-refractivity contribution >= 4 is 0 Å². The molecule has 0 aromatic rings. The van der Waals surface area contributed by atoms with Gasteiger partial charge in [-0.25, -0.2) is 0 Å². The van der Waals surface area contributed by atoms with E-state index in [0.29, 0.717) is 0 Å². The maximum Gasteiger partial charge on any atom is 0.189 e. The van der Waals surface area contributed by atoms with Gasteiger partial charge in [-0.1, -0.05) is 0 Å². The Morgan fingerprint density at radius 3 is 1.80 bits per heavy atom. The molecule has 0 bridgehead atoms. The molecule has 13 heteroatoms. The smallest absolute Gasteiger partial charge is 0.189 e. The Labute approximate surface area is 172 Å². The molecule has 30 heavy (non-hydrogen) atoms. The van der Waals surface area contributed by atoms with E-state index >= 15 is 0 Å². The molecule has 0 amide bonds. The van der Waals surface area contributed by atoms with E-state index in [2.05, 4.69) is 0 Å². The SMILES string of the molecule is CC(C)(O)C(O)COC1C(CO)OC(OC2OC(CO)C(O)C(O)C2O)C(O)C1O. The van der Waals surface area contributed by atoms with E-state index in [0.717, 1.165) is 0 Å². The minimum atomic E-state index is -1.76. The van der Waals surface area contributed by atoms with Gasteiger partial charge in [0.1, 0.15) is 54.9 Å². The molecule has 2 aliphatic rings. The second-order valence-electron chi connectivity index (χ2n) is 8.01. The van der Waals surface area contributed by atoms with E-state index in [4.69, 9.17) is 18.9 Å². The van der Waals surface area contributed by atoms with Gasteiger partial charge in [-0.2, -0.15) is 0 Å². The maximum absolute atomic E-state index is 10.4. The van der Waals surface area contributed by atoms with Gasteiger partial charge in [0.05, 0.1) is 25.4 Å². The van der Waals surface area contributed by atoms with Crippen LogP contribution in [0.1, 0.15) is 13.8 Å². The normalized spacial score (nSPS) is 44.1. The zero-order valence-electron chi connectivity index (χ0n) is 16.6. The largest absolute Gasteiger partial charge is 0.394 e. The van der Waals surface area contributed by atoms with Crippen molar-refractivity contribution < 1.29 is 64.9 Å². The maximum atomic E-state index is 10.4. The minimum Gasteiger partial charge on any atom is -0.394 e. The van der Waals surface area contributed by atoms with Crippen LogP contribution >= 0.6 is 0 Å². The highest BCUT2D eigenvalue weighted by molar-refractivity contribution is 4.93. The Kier molecular flexibility index (Phi) is 8.92. The van der Waals surface area contributed by atoms with E-state index in [1.165, 1.54) is 13.8 Å². The third-order valence-electron chi connectivity index (χ3n) is 5.20. The third-order valence-corrected chi connectivity index (χ3v) is 5.20. The molecule has 2 aliphatic heterocycles. The molecule has 13 nitrogen and oxygen atoms in total. The first kappa shape index (κ1) is 25.7. The van der Waals surface area contributed by atoms with Crippen molar-refractivity contribution in [2.75, 3.05) is 19.8 Å². The first-order chi connectivity index (χ1) is 13.9. The molecule has 2 saturated heterocycles. The van der Waals surface area contributed by atoms with Crippen LogP contribution in [0, 0.1) is 0 Å². The lowest BCUT2D eigenvalue weighted by atomic mass is 9.97. The van der Waals surface area contributed by atoms with Crippen LogP contribution in [0.4, 0.5) is 0 Å². The van der Waals surface area contributed by atoms with Crippen molar-refractivity contribution in [3.63, 3.8) is 0 Å². The number of hydrogen-bond donors (Lipinski definition) is 9. The quantitative estimate of drug-likeness (QED) is 0.171. The van der Waals surface area contributed by atoms with Gasteiger partial charge >= 0.3 is 0 Å². The molecule has 2 heterocycles. The zero-order valence-corrected chi connectivity index (χ0v) is 16.6. The summed E-state index contributed by atoms with van der Waals surface area (Å²) in [5.74, 6) is 0. The van der Waals surface area contributed by atoms with Gasteiger partial charge in [0.15, 0.2) is 12.6 Å². The van der Waals surface area contributed by atoms with Crippen LogP contribution in [0.3, 0.4) is 0 Å². The highest BCUT2D eigenvalue weighted by Gasteiger charge is 2.50. The molecule has 2 rings (SSSR count). The predicted octanol–water partition coefficient (Wildman–Crippen LogP) is -5.24. The van der Waals surface area contributed by atoms with Gasteiger partial charge in [-0.3, -0.25) is 0 Å². The van der Waals surface area contributed by atoms with Gasteiger partial charge in [0, 0.05) is 0 Å². The summed E-state index contributed by atoms with van der Waals surface area (Å²) in [5.41, 5.74) is -1.50. The van der Waals surface area contributed by atoms with Crippen molar-refractivity contribution in [3.8, 4) is 0 Å². The molecule has 2 fully saturated rings. The molecule has 0 aromatic heterocycles. The summed E-state index contributed by atoms with van der Waals surface area (Å²) in [4.78, 5) is 0. The fraction of sp³-hybridized carbons (Fsp3) is 1.00. The fourth-order valence-corrected chi connectivity index (χ4v) is 3.09. The molecule has 0 aliphatic carbocycles. The monoisotopic (exact) mass is 444 g/mol. The highest BCUT2D eigenvalue weighted by atomic mass is 16.8. The van der Waals surface area contributed by atoms with Crippen molar-refractivity contribution in [2.24, 2.45) is 0 Å². The van der Waals surface area contributed by atoms with E-state index in [-0.39, 0.29) is 0 Å². The summed E-state index contributed by atoms with van der Waals surface area (Å²) in [6.45, 7) is 0.882. The highest BCUT2D eigenvalue weighted by Crippen LogP contribution is 2.29. The summed E-state index contributed by atoms with van der Waals surface area (Å²) in [7, 11) is 0. The Morgan fingerprint density at radius 1 is 0.800 bits per heavy atom. The fourth-order valence-electron chi connectivity index (χ4n) is 3.09. The van der Waals surface area contributed by atoms with Gasteiger partial charge < -0.3 is 64.9 Å². The van der Waals surface area contributed by atoms with Crippen LogP contribution in [-0.2, 0) is 18.9 Å². The predicted molar refractivity (Wildman–Crippen MR) is 94.7 cm³/mol. The average Bonchev–Trinajstić information content (AvgIpc) is 2.69. The van der Waals surface area contributed by atoms with Gasteiger partial charge in [-0.15, -0.1) is 0 Å². The molecular weight excluding hydrogens is 412 g/mol. The summed E-state index contributed by atoms with van der Waals surface area (Å²) in [5, 5.41) is 88.8. The first-order valence-corrected chi connectivity index (χ1v) is 9.52. The second-order valence-corrected chi connectivity index (χ2v) is 8.01. The topological polar surface area (TPSA) is 219 Å². The van der Waals surface area contributed by atoms with Crippen molar-refractivity contribution in [2.45, 2.75) is 87.0 Å². The first-order valence-electron chi connectivity index (χ1n) is 9.52. The molecule has 178 valence electrons. The lowest BCUT2D eigenvalue weighted by Crippen LogP contribution is -2.64. The van der Waals surface area contributed by atoms with E-state index < -0.39 is 92.9 Å². The van der Waals surface area contributed by atoms with Gasteiger partial charge in [0.2, 0.25) is 0 Å². The molecule has 0 aromatic carbocycles. The summed E-state index contributed by atoms with van der Waals surface area (Å²) >= 11 is 0. The summed E-state index contributed by atoms with van der Waals surface area (Å²) in [6, 6.07) is 0.